The van der Waals surface area contributed by atoms with Crippen molar-refractivity contribution in [1.29, 1.82) is 0 Å². The van der Waals surface area contributed by atoms with E-state index in [0.717, 1.165) is 0 Å². The Hall–Kier alpha value is -0.940. The maximum atomic E-state index is 13.7. The van der Waals surface area contributed by atoms with Crippen LogP contribution in [0.2, 0.25) is 10.0 Å². The van der Waals surface area contributed by atoms with Gasteiger partial charge >= 0.3 is 17.4 Å². The van der Waals surface area contributed by atoms with Gasteiger partial charge in [0, 0.05) is 0 Å². The predicted molar refractivity (Wildman–Crippen MR) is 64.0 cm³/mol. The molecule has 1 aromatic carbocycles. The maximum Gasteiger partial charge on any atom is 0.447 e. The summed E-state index contributed by atoms with van der Waals surface area (Å²) in [6.45, 7) is 0. The number of halogens is 9. The molecule has 22 heavy (non-hydrogen) atoms. The van der Waals surface area contributed by atoms with E-state index in [-0.39, 0.29) is 12.1 Å². The fourth-order valence-electron chi connectivity index (χ4n) is 1.34. The molecule has 126 valence electrons. The van der Waals surface area contributed by atoms with E-state index in [4.69, 9.17) is 28.9 Å². The van der Waals surface area contributed by atoms with E-state index in [9.17, 15) is 39.2 Å². The van der Waals surface area contributed by atoms with Gasteiger partial charge in [-0.05, 0) is 12.1 Å². The first-order valence-corrected chi connectivity index (χ1v) is 7.12. The third-order valence-corrected chi connectivity index (χ3v) is 5.15. The molecular weight excluding hydrogens is 390 g/mol. The van der Waals surface area contributed by atoms with Crippen molar-refractivity contribution in [3.05, 3.63) is 22.2 Å². The predicted octanol–water partition coefficient (Wildman–Crippen LogP) is 4.14. The molecule has 0 aliphatic rings. The van der Waals surface area contributed by atoms with Crippen molar-refractivity contribution < 1.29 is 39.2 Å². The summed E-state index contributed by atoms with van der Waals surface area (Å²) < 4.78 is 112. The number of alkyl halides is 7. The minimum Gasteiger partial charge on any atom is -0.396 e. The first-order chi connectivity index (χ1) is 9.57. The second kappa shape index (κ2) is 5.31. The van der Waals surface area contributed by atoms with Crippen LogP contribution in [0.4, 0.5) is 36.4 Å². The summed E-state index contributed by atoms with van der Waals surface area (Å²) in [6.07, 6.45) is -13.6. The molecule has 13 heteroatoms. The van der Waals surface area contributed by atoms with Gasteiger partial charge in [-0.1, -0.05) is 23.2 Å². The number of benzene rings is 1. The Bertz CT molecular complexity index is 662. The zero-order valence-electron chi connectivity index (χ0n) is 9.86. The Labute approximate surface area is 128 Å². The molecule has 0 fully saturated rings. The zero-order valence-corrected chi connectivity index (χ0v) is 12.2. The molecule has 0 saturated carbocycles. The lowest BCUT2D eigenvalue weighted by atomic mass is 10.3. The molecule has 0 aliphatic carbocycles. The Balaban J connectivity index is 3.77. The van der Waals surface area contributed by atoms with Crippen LogP contribution < -0.4 is 5.73 Å². The van der Waals surface area contributed by atoms with Crippen molar-refractivity contribution >= 4 is 38.7 Å². The monoisotopic (exact) mass is 393 g/mol. The lowest BCUT2D eigenvalue weighted by Gasteiger charge is -2.29. The molecule has 0 saturated heterocycles. The van der Waals surface area contributed by atoms with Crippen molar-refractivity contribution in [1.82, 2.24) is 0 Å². The second-order valence-electron chi connectivity index (χ2n) is 3.89. The van der Waals surface area contributed by atoms with Gasteiger partial charge < -0.3 is 5.73 Å². The number of hydrogen-bond donors (Lipinski definition) is 1. The molecule has 0 heterocycles. The number of nitrogens with two attached hydrogens (primary N) is 1. The normalized spacial score (nSPS) is 14.2. The lowest BCUT2D eigenvalue weighted by molar-refractivity contribution is -0.305. The molecule has 1 rings (SSSR count). The molecule has 0 spiro atoms. The maximum absolute atomic E-state index is 13.7. The fourth-order valence-corrected chi connectivity index (χ4v) is 3.44. The van der Waals surface area contributed by atoms with Crippen LogP contribution in [0, 0.1) is 0 Å². The van der Waals surface area contributed by atoms with Gasteiger partial charge in [-0.25, -0.2) is 12.8 Å². The molecule has 0 bridgehead atoms. The lowest BCUT2D eigenvalue weighted by Crippen LogP contribution is -2.58. The molecule has 3 nitrogen and oxygen atoms in total. The van der Waals surface area contributed by atoms with Crippen molar-refractivity contribution in [2.24, 2.45) is 0 Å². The summed E-state index contributed by atoms with van der Waals surface area (Å²) >= 11 is 10.7. The van der Waals surface area contributed by atoms with Gasteiger partial charge in [0.25, 0.3) is 0 Å². The number of rotatable bonds is 2. The van der Waals surface area contributed by atoms with E-state index in [1.165, 1.54) is 0 Å². The van der Waals surface area contributed by atoms with Crippen LogP contribution in [0.1, 0.15) is 0 Å². The topological polar surface area (TPSA) is 60.2 Å². The van der Waals surface area contributed by atoms with Crippen LogP contribution in [0.15, 0.2) is 17.0 Å². The summed E-state index contributed by atoms with van der Waals surface area (Å²) in [7, 11) is -6.62. The molecule has 0 atom stereocenters. The van der Waals surface area contributed by atoms with Crippen molar-refractivity contribution in [3.63, 3.8) is 0 Å². The minimum atomic E-state index is -6.79. The van der Waals surface area contributed by atoms with Gasteiger partial charge in [0.05, 0.1) is 20.6 Å². The standard InChI is InChI=1S/C9H4Cl2F7NO2S/c10-4-1-3(2-5(11)6(4)19)22(20,21)7(12,8(13,14)15)9(16,17)18/h1-2H,19H2. The summed E-state index contributed by atoms with van der Waals surface area (Å²) in [6, 6.07) is 0.286. The molecule has 2 N–H and O–H groups in total. The van der Waals surface area contributed by atoms with Crippen LogP contribution >= 0.6 is 23.2 Å². The van der Waals surface area contributed by atoms with E-state index < -0.39 is 47.8 Å². The van der Waals surface area contributed by atoms with Gasteiger partial charge in [-0.2, -0.15) is 26.3 Å². The molecular formula is C9H4Cl2F7NO2S. The number of sulfone groups is 1. The zero-order chi connectivity index (χ0) is 17.7. The SMILES string of the molecule is Nc1c(Cl)cc(S(=O)(=O)C(F)(C(F)(F)F)C(F)(F)F)cc1Cl. The molecule has 0 unspecified atom stereocenters. The highest BCUT2D eigenvalue weighted by atomic mass is 35.5. The highest BCUT2D eigenvalue weighted by molar-refractivity contribution is 7.92. The fraction of sp³-hybridized carbons (Fsp3) is 0.333. The van der Waals surface area contributed by atoms with Crippen LogP contribution in [-0.4, -0.2) is 25.8 Å². The van der Waals surface area contributed by atoms with Gasteiger partial charge in [0.15, 0.2) is 0 Å². The Morgan fingerprint density at radius 3 is 1.45 bits per heavy atom. The van der Waals surface area contributed by atoms with E-state index in [2.05, 4.69) is 0 Å². The van der Waals surface area contributed by atoms with Gasteiger partial charge in [-0.3, -0.25) is 0 Å². The minimum absolute atomic E-state index is 0.143. The smallest absolute Gasteiger partial charge is 0.396 e. The van der Waals surface area contributed by atoms with Crippen LogP contribution in [0.3, 0.4) is 0 Å². The summed E-state index contributed by atoms with van der Waals surface area (Å²) in [4.78, 5) is -1.71. The average molecular weight is 394 g/mol. The highest BCUT2D eigenvalue weighted by Crippen LogP contribution is 2.52. The summed E-state index contributed by atoms with van der Waals surface area (Å²) in [5.74, 6) is 0. The van der Waals surface area contributed by atoms with Crippen molar-refractivity contribution in [3.8, 4) is 0 Å². The molecule has 1 aromatic rings. The summed E-state index contributed by atoms with van der Waals surface area (Å²) in [5, 5.41) is -8.04. The van der Waals surface area contributed by atoms with Gasteiger partial charge in [-0.15, -0.1) is 0 Å². The van der Waals surface area contributed by atoms with Crippen molar-refractivity contribution in [2.45, 2.75) is 22.2 Å². The quantitative estimate of drug-likeness (QED) is 0.606. The number of nitrogen functional groups attached to an aromatic ring is 1. The van der Waals surface area contributed by atoms with Crippen LogP contribution in [-0.2, 0) is 9.84 Å². The molecule has 0 amide bonds. The average Bonchev–Trinajstić information content (AvgIpc) is 2.31. The summed E-state index contributed by atoms with van der Waals surface area (Å²) in [5.41, 5.74) is 4.68. The first kappa shape index (κ1) is 19.1. The molecule has 0 aromatic heterocycles. The van der Waals surface area contributed by atoms with Gasteiger partial charge in [0.2, 0.25) is 9.84 Å². The first-order valence-electron chi connectivity index (χ1n) is 4.89. The van der Waals surface area contributed by atoms with E-state index in [1.54, 1.807) is 0 Å². The largest absolute Gasteiger partial charge is 0.447 e. The van der Waals surface area contributed by atoms with E-state index in [0.29, 0.717) is 0 Å². The number of hydrogen-bond acceptors (Lipinski definition) is 3. The molecule has 0 radical (unpaired) electrons. The van der Waals surface area contributed by atoms with Crippen molar-refractivity contribution in [2.75, 3.05) is 5.73 Å². The number of anilines is 1. The van der Waals surface area contributed by atoms with E-state index in [1.807, 2.05) is 0 Å². The van der Waals surface area contributed by atoms with E-state index >= 15 is 0 Å². The van der Waals surface area contributed by atoms with Gasteiger partial charge in [0.1, 0.15) is 0 Å². The Kier molecular flexibility index (Phi) is 4.61. The molecule has 0 aliphatic heterocycles. The Morgan fingerprint density at radius 1 is 0.864 bits per heavy atom. The van der Waals surface area contributed by atoms with Crippen LogP contribution in [0.5, 0.6) is 0 Å². The van der Waals surface area contributed by atoms with Crippen LogP contribution in [0.25, 0.3) is 0 Å². The highest BCUT2D eigenvalue weighted by Gasteiger charge is 2.80. The third kappa shape index (κ3) is 2.69. The second-order valence-corrected chi connectivity index (χ2v) is 6.75. The third-order valence-electron chi connectivity index (χ3n) is 2.46. The Morgan fingerprint density at radius 2 is 1.18 bits per heavy atom.